The van der Waals surface area contributed by atoms with Crippen LogP contribution in [0.4, 0.5) is 8.78 Å². The Morgan fingerprint density at radius 1 is 1.33 bits per heavy atom. The van der Waals surface area contributed by atoms with Gasteiger partial charge in [0, 0.05) is 5.56 Å². The van der Waals surface area contributed by atoms with Gasteiger partial charge < -0.3 is 14.6 Å². The molecule has 1 N–H and O–H groups in total. The van der Waals surface area contributed by atoms with Gasteiger partial charge in [-0.05, 0) is 46.2 Å². The molecular formula is C19H24F2N2O4. The van der Waals surface area contributed by atoms with Gasteiger partial charge in [-0.1, -0.05) is 12.1 Å². The van der Waals surface area contributed by atoms with Crippen molar-refractivity contribution in [2.75, 3.05) is 6.61 Å². The number of carbonyl (C=O) groups is 1. The minimum absolute atomic E-state index is 0.0682. The predicted molar refractivity (Wildman–Crippen MR) is 95.3 cm³/mol. The highest BCUT2D eigenvalue weighted by molar-refractivity contribution is 5.89. The normalized spacial score (nSPS) is 11.7. The van der Waals surface area contributed by atoms with Crippen LogP contribution in [0.25, 0.3) is 0 Å². The Morgan fingerprint density at radius 3 is 2.52 bits per heavy atom. The van der Waals surface area contributed by atoms with E-state index < -0.39 is 30.1 Å². The monoisotopic (exact) mass is 382 g/mol. The van der Waals surface area contributed by atoms with Crippen LogP contribution in [0.5, 0.6) is 11.6 Å². The van der Waals surface area contributed by atoms with Crippen molar-refractivity contribution < 1.29 is 28.2 Å². The standard InChI is InChI=1S/C19H24F2N2O4/c1-6-26-18(25)15-11(2)17(23(22-15)19(3,4)5)27-13-9-7-8-12(10-24)14(13)16(20)21/h7-9,16,24H,6,10H2,1-5H3. The van der Waals surface area contributed by atoms with Gasteiger partial charge in [-0.2, -0.15) is 5.10 Å². The summed E-state index contributed by atoms with van der Waals surface area (Å²) in [7, 11) is 0. The van der Waals surface area contributed by atoms with E-state index in [0.29, 0.717) is 5.56 Å². The molecule has 148 valence electrons. The van der Waals surface area contributed by atoms with Gasteiger partial charge in [0.05, 0.1) is 24.3 Å². The molecule has 0 spiro atoms. The van der Waals surface area contributed by atoms with Crippen LogP contribution in [-0.2, 0) is 16.9 Å². The van der Waals surface area contributed by atoms with Crippen molar-refractivity contribution in [3.05, 3.63) is 40.6 Å². The minimum Gasteiger partial charge on any atom is -0.461 e. The Hall–Kier alpha value is -2.48. The van der Waals surface area contributed by atoms with E-state index >= 15 is 0 Å². The van der Waals surface area contributed by atoms with Gasteiger partial charge in [0.2, 0.25) is 5.88 Å². The van der Waals surface area contributed by atoms with Crippen molar-refractivity contribution in [2.45, 2.75) is 53.2 Å². The van der Waals surface area contributed by atoms with E-state index in [-0.39, 0.29) is 29.5 Å². The molecule has 0 bridgehead atoms. The van der Waals surface area contributed by atoms with Crippen LogP contribution in [0.1, 0.15) is 61.3 Å². The van der Waals surface area contributed by atoms with Crippen molar-refractivity contribution in [1.29, 1.82) is 0 Å². The minimum atomic E-state index is -2.83. The molecule has 0 fully saturated rings. The van der Waals surface area contributed by atoms with Gasteiger partial charge in [-0.3, -0.25) is 0 Å². The van der Waals surface area contributed by atoms with E-state index in [1.54, 1.807) is 13.8 Å². The quantitative estimate of drug-likeness (QED) is 0.752. The SMILES string of the molecule is CCOC(=O)c1nn(C(C)(C)C)c(Oc2cccc(CO)c2C(F)F)c1C. The molecule has 0 unspecified atom stereocenters. The molecule has 0 saturated carbocycles. The fraction of sp³-hybridized carbons (Fsp3) is 0.474. The van der Waals surface area contributed by atoms with E-state index in [4.69, 9.17) is 9.47 Å². The Balaban J connectivity index is 2.61. The maximum atomic E-state index is 13.6. The molecule has 1 heterocycles. The number of hydrogen-bond donors (Lipinski definition) is 1. The van der Waals surface area contributed by atoms with Crippen LogP contribution in [0.3, 0.4) is 0 Å². The molecule has 6 nitrogen and oxygen atoms in total. The maximum absolute atomic E-state index is 13.6. The molecule has 0 saturated heterocycles. The Kier molecular flexibility index (Phi) is 6.20. The summed E-state index contributed by atoms with van der Waals surface area (Å²) in [6.07, 6.45) is -2.83. The third-order valence-electron chi connectivity index (χ3n) is 3.92. The summed E-state index contributed by atoms with van der Waals surface area (Å²) >= 11 is 0. The molecule has 0 aliphatic heterocycles. The first kappa shape index (κ1) is 20.8. The number of benzene rings is 1. The second kappa shape index (κ2) is 8.04. The van der Waals surface area contributed by atoms with Crippen LogP contribution in [0.15, 0.2) is 18.2 Å². The third-order valence-corrected chi connectivity index (χ3v) is 3.92. The number of aliphatic hydroxyl groups is 1. The second-order valence-electron chi connectivity index (χ2n) is 6.97. The van der Waals surface area contributed by atoms with Gasteiger partial charge >= 0.3 is 5.97 Å². The van der Waals surface area contributed by atoms with E-state index in [2.05, 4.69) is 5.10 Å². The van der Waals surface area contributed by atoms with E-state index in [0.717, 1.165) is 0 Å². The average Bonchev–Trinajstić information content (AvgIpc) is 2.91. The number of esters is 1. The number of rotatable bonds is 6. The smallest absolute Gasteiger partial charge is 0.359 e. The second-order valence-corrected chi connectivity index (χ2v) is 6.97. The molecule has 2 aromatic rings. The highest BCUT2D eigenvalue weighted by Gasteiger charge is 2.29. The van der Waals surface area contributed by atoms with Crippen molar-refractivity contribution >= 4 is 5.97 Å². The van der Waals surface area contributed by atoms with Gasteiger partial charge in [0.15, 0.2) is 5.69 Å². The Bertz CT molecular complexity index is 826. The lowest BCUT2D eigenvalue weighted by atomic mass is 10.1. The summed E-state index contributed by atoms with van der Waals surface area (Å²) in [5.41, 5.74) is -0.437. The molecule has 27 heavy (non-hydrogen) atoms. The average molecular weight is 382 g/mol. The highest BCUT2D eigenvalue weighted by Crippen LogP contribution is 2.38. The number of carbonyl (C=O) groups excluding carboxylic acids is 1. The van der Waals surface area contributed by atoms with Gasteiger partial charge in [0.1, 0.15) is 5.75 Å². The summed E-state index contributed by atoms with van der Waals surface area (Å²) < 4.78 is 39.4. The number of aliphatic hydroxyl groups excluding tert-OH is 1. The number of hydrogen-bond acceptors (Lipinski definition) is 5. The zero-order chi connectivity index (χ0) is 20.4. The predicted octanol–water partition coefficient (Wildman–Crippen LogP) is 4.35. The van der Waals surface area contributed by atoms with Crippen LogP contribution in [-0.4, -0.2) is 27.5 Å². The lowest BCUT2D eigenvalue weighted by molar-refractivity contribution is 0.0516. The molecule has 1 aromatic heterocycles. The van der Waals surface area contributed by atoms with Crippen molar-refractivity contribution in [3.63, 3.8) is 0 Å². The number of aromatic nitrogens is 2. The number of ether oxygens (including phenoxy) is 2. The fourth-order valence-electron chi connectivity index (χ4n) is 2.62. The molecule has 2 rings (SSSR count). The molecule has 1 aromatic carbocycles. The summed E-state index contributed by atoms with van der Waals surface area (Å²) in [6.45, 7) is 8.49. The molecule has 0 aliphatic rings. The van der Waals surface area contributed by atoms with E-state index in [1.807, 2.05) is 20.8 Å². The first-order chi connectivity index (χ1) is 12.6. The van der Waals surface area contributed by atoms with Crippen LogP contribution in [0.2, 0.25) is 0 Å². The Morgan fingerprint density at radius 2 is 2.00 bits per heavy atom. The molecular weight excluding hydrogens is 358 g/mol. The number of halogens is 2. The summed E-state index contributed by atoms with van der Waals surface area (Å²) in [5.74, 6) is -0.538. The van der Waals surface area contributed by atoms with Crippen molar-refractivity contribution in [2.24, 2.45) is 0 Å². The molecule has 0 amide bonds. The fourth-order valence-corrected chi connectivity index (χ4v) is 2.62. The van der Waals surface area contributed by atoms with Gasteiger partial charge in [-0.25, -0.2) is 18.3 Å². The van der Waals surface area contributed by atoms with Crippen LogP contribution < -0.4 is 4.74 Å². The summed E-state index contributed by atoms with van der Waals surface area (Å²) in [4.78, 5) is 12.2. The van der Waals surface area contributed by atoms with Crippen molar-refractivity contribution in [3.8, 4) is 11.6 Å². The van der Waals surface area contributed by atoms with Crippen LogP contribution >= 0.6 is 0 Å². The maximum Gasteiger partial charge on any atom is 0.359 e. The molecule has 0 aliphatic carbocycles. The first-order valence-corrected chi connectivity index (χ1v) is 8.57. The largest absolute Gasteiger partial charge is 0.461 e. The molecule has 8 heteroatoms. The van der Waals surface area contributed by atoms with Gasteiger partial charge in [-0.15, -0.1) is 0 Å². The highest BCUT2D eigenvalue weighted by atomic mass is 19.3. The molecule has 0 atom stereocenters. The molecule has 0 radical (unpaired) electrons. The van der Waals surface area contributed by atoms with Crippen LogP contribution in [0, 0.1) is 6.92 Å². The zero-order valence-electron chi connectivity index (χ0n) is 16.0. The van der Waals surface area contributed by atoms with E-state index in [1.165, 1.54) is 22.9 Å². The van der Waals surface area contributed by atoms with Gasteiger partial charge in [0.25, 0.3) is 6.43 Å². The number of alkyl halides is 2. The number of nitrogens with zero attached hydrogens (tertiary/aromatic N) is 2. The van der Waals surface area contributed by atoms with E-state index in [9.17, 15) is 18.7 Å². The summed E-state index contributed by atoms with van der Waals surface area (Å²) in [5, 5.41) is 13.7. The Labute approximate surface area is 156 Å². The zero-order valence-corrected chi connectivity index (χ0v) is 16.0. The summed E-state index contributed by atoms with van der Waals surface area (Å²) in [6, 6.07) is 4.32. The topological polar surface area (TPSA) is 73.6 Å². The van der Waals surface area contributed by atoms with Crippen molar-refractivity contribution in [1.82, 2.24) is 9.78 Å². The first-order valence-electron chi connectivity index (χ1n) is 8.57. The third kappa shape index (κ3) is 4.27. The lowest BCUT2D eigenvalue weighted by Gasteiger charge is -2.23. The lowest BCUT2D eigenvalue weighted by Crippen LogP contribution is -2.24.